The maximum absolute atomic E-state index is 14.5. The smallest absolute Gasteiger partial charge is 0.328 e. The number of benzene rings is 1. The van der Waals surface area contributed by atoms with E-state index in [4.69, 9.17) is 10.5 Å². The van der Waals surface area contributed by atoms with Gasteiger partial charge in [0.1, 0.15) is 23.7 Å². The number of rotatable bonds is 14. The molecular formula is C25H32FN3O8S2. The molecule has 39 heavy (non-hydrogen) atoms. The predicted octanol–water partition coefficient (Wildman–Crippen LogP) is 1.77. The van der Waals surface area contributed by atoms with Crippen molar-refractivity contribution in [3.05, 3.63) is 47.3 Å². The average molecular weight is 586 g/mol. The highest BCUT2D eigenvalue weighted by Crippen LogP contribution is 2.39. The second-order valence-electron chi connectivity index (χ2n) is 8.85. The third-order valence-corrected chi connectivity index (χ3v) is 8.92. The van der Waals surface area contributed by atoms with Crippen molar-refractivity contribution in [2.75, 3.05) is 26.0 Å². The number of amides is 1. The Morgan fingerprint density at radius 1 is 1.26 bits per heavy atom. The fraction of sp³-hybridized carbons (Fsp3) is 0.480. The number of ketones is 1. The molecule has 1 aromatic carbocycles. The minimum atomic E-state index is -1.24. The number of halogens is 1. The van der Waals surface area contributed by atoms with E-state index >= 15 is 0 Å². The number of nitrogens with one attached hydrogen (secondary N) is 1. The molecule has 4 atom stereocenters. The fourth-order valence-corrected chi connectivity index (χ4v) is 6.78. The normalized spacial score (nSPS) is 19.1. The Labute approximate surface area is 233 Å². The van der Waals surface area contributed by atoms with E-state index in [1.165, 1.54) is 43.0 Å². The summed E-state index contributed by atoms with van der Waals surface area (Å²) in [6.07, 6.45) is 1.42. The first-order valence-corrected chi connectivity index (χ1v) is 14.4. The molecule has 0 saturated carbocycles. The number of hydrogen-bond acceptors (Lipinski definition) is 10. The summed E-state index contributed by atoms with van der Waals surface area (Å²) < 4.78 is 19.4. The lowest BCUT2D eigenvalue weighted by Crippen LogP contribution is -2.44. The number of nitrogens with two attached hydrogens (primary N) is 1. The first-order valence-electron chi connectivity index (χ1n) is 12.0. The number of carboxylic acids is 2. The summed E-state index contributed by atoms with van der Waals surface area (Å²) in [7, 11) is 3.61. The zero-order valence-corrected chi connectivity index (χ0v) is 23.1. The monoisotopic (exact) mass is 585 g/mol. The van der Waals surface area contributed by atoms with E-state index in [-0.39, 0.29) is 41.7 Å². The third kappa shape index (κ3) is 9.95. The molecule has 0 bridgehead atoms. The lowest BCUT2D eigenvalue weighted by Gasteiger charge is -2.37. The Balaban J connectivity index is 2.06. The van der Waals surface area contributed by atoms with Gasteiger partial charge in [0, 0.05) is 42.2 Å². The van der Waals surface area contributed by atoms with Gasteiger partial charge in [0.2, 0.25) is 5.91 Å². The van der Waals surface area contributed by atoms with Gasteiger partial charge in [-0.15, -0.1) is 0 Å². The van der Waals surface area contributed by atoms with E-state index in [0.29, 0.717) is 18.5 Å². The molecule has 1 aliphatic rings. The van der Waals surface area contributed by atoms with E-state index in [9.17, 15) is 38.6 Å². The van der Waals surface area contributed by atoms with Crippen molar-refractivity contribution in [3.8, 4) is 0 Å². The van der Waals surface area contributed by atoms with Crippen molar-refractivity contribution >= 4 is 51.2 Å². The zero-order valence-electron chi connectivity index (χ0n) is 21.5. The number of esters is 1. The Morgan fingerprint density at radius 3 is 2.54 bits per heavy atom. The number of carbonyl (C=O) groups excluding carboxylic acids is 3. The van der Waals surface area contributed by atoms with Crippen molar-refractivity contribution in [1.82, 2.24) is 10.2 Å². The largest absolute Gasteiger partial charge is 0.480 e. The third-order valence-electron chi connectivity index (χ3n) is 6.03. The summed E-state index contributed by atoms with van der Waals surface area (Å²) in [5.74, 6) is -4.53. The molecule has 0 radical (unpaired) electrons. The highest BCUT2D eigenvalue weighted by molar-refractivity contribution is 8.77. The molecule has 0 aliphatic carbocycles. The maximum atomic E-state index is 14.5. The number of carbonyl (C=O) groups is 5. The Bertz CT molecular complexity index is 1100. The number of piperidine rings is 1. The number of carboxylic acid groups (broad SMARTS) is 2. The van der Waals surface area contributed by atoms with Gasteiger partial charge in [-0.3, -0.25) is 14.5 Å². The van der Waals surface area contributed by atoms with Crippen LogP contribution < -0.4 is 11.1 Å². The van der Waals surface area contributed by atoms with Crippen molar-refractivity contribution in [2.24, 2.45) is 5.73 Å². The number of ether oxygens (including phenoxy) is 1. The van der Waals surface area contributed by atoms with Crippen molar-refractivity contribution in [1.29, 1.82) is 0 Å². The van der Waals surface area contributed by atoms with Crippen LogP contribution in [0.25, 0.3) is 0 Å². The molecule has 0 spiro atoms. The number of Topliss-reactive ketones (excluding diaryl/α,β-unsaturated/α-hetero) is 1. The van der Waals surface area contributed by atoms with Gasteiger partial charge in [0.05, 0.1) is 13.2 Å². The van der Waals surface area contributed by atoms with E-state index < -0.39 is 47.8 Å². The number of likely N-dealkylation sites (tertiary alicyclic amines) is 1. The fourth-order valence-electron chi connectivity index (χ4n) is 3.91. The molecule has 1 saturated heterocycles. The maximum Gasteiger partial charge on any atom is 0.328 e. The molecule has 0 aromatic heterocycles. The first kappa shape index (κ1) is 32.3. The van der Waals surface area contributed by atoms with Gasteiger partial charge < -0.3 is 26.0 Å². The number of aliphatic carboxylic acids is 2. The molecular weight excluding hydrogens is 553 g/mol. The molecule has 1 fully saturated rings. The van der Waals surface area contributed by atoms with Gasteiger partial charge in [0.15, 0.2) is 0 Å². The Hall–Kier alpha value is -2.94. The molecule has 4 unspecified atom stereocenters. The van der Waals surface area contributed by atoms with Crippen LogP contribution in [-0.4, -0.2) is 88.0 Å². The SMILES string of the molecule is COC(=O)C(c1ccccc1F)N1CCC(SSCC(NC(=O)CCC(N)C(C)=O)C(=O)O)/C(=C\C(=O)O)C1. The quantitative estimate of drug-likeness (QED) is 0.142. The number of nitrogens with zero attached hydrogens (tertiary/aromatic N) is 1. The molecule has 5 N–H and O–H groups in total. The lowest BCUT2D eigenvalue weighted by atomic mass is 9.98. The second-order valence-corrected chi connectivity index (χ2v) is 11.5. The Morgan fingerprint density at radius 2 is 1.95 bits per heavy atom. The predicted molar refractivity (Wildman–Crippen MR) is 144 cm³/mol. The summed E-state index contributed by atoms with van der Waals surface area (Å²) in [5.41, 5.74) is 6.19. The molecule has 214 valence electrons. The molecule has 1 amide bonds. The van der Waals surface area contributed by atoms with Crippen molar-refractivity contribution in [2.45, 2.75) is 49.6 Å². The van der Waals surface area contributed by atoms with Crippen molar-refractivity contribution < 1.29 is 43.3 Å². The second kappa shape index (κ2) is 15.6. The van der Waals surface area contributed by atoms with Gasteiger partial charge in [-0.2, -0.15) is 0 Å². The van der Waals surface area contributed by atoms with Gasteiger partial charge >= 0.3 is 17.9 Å². The van der Waals surface area contributed by atoms with Crippen LogP contribution >= 0.6 is 21.6 Å². The van der Waals surface area contributed by atoms with E-state index in [1.54, 1.807) is 11.0 Å². The van der Waals surface area contributed by atoms with E-state index in [2.05, 4.69) is 5.32 Å². The highest BCUT2D eigenvalue weighted by Gasteiger charge is 2.36. The summed E-state index contributed by atoms with van der Waals surface area (Å²) in [5, 5.41) is 21.0. The lowest BCUT2D eigenvalue weighted by molar-refractivity contribution is -0.147. The topological polar surface area (TPSA) is 176 Å². The van der Waals surface area contributed by atoms with Crippen LogP contribution in [0.4, 0.5) is 4.39 Å². The molecule has 2 rings (SSSR count). The number of hydrogen-bond donors (Lipinski definition) is 4. The standard InChI is InChI=1S/C25H32FN3O8S2/c1-14(30)18(27)7-8-21(31)28-19(24(34)35)13-38-39-20-9-10-29(12-15(20)11-22(32)33)23(25(36)37-2)16-5-3-4-6-17(16)26/h3-6,11,18-20,23H,7-10,12-13,27H2,1-2H3,(H,28,31)(H,32,33)(H,34,35)/b15-11-. The van der Waals surface area contributed by atoms with Crippen LogP contribution in [0, 0.1) is 5.82 Å². The van der Waals surface area contributed by atoms with Gasteiger partial charge in [-0.1, -0.05) is 39.8 Å². The van der Waals surface area contributed by atoms with Gasteiger partial charge in [-0.25, -0.2) is 18.8 Å². The summed E-state index contributed by atoms with van der Waals surface area (Å²) >= 11 is 0. The molecule has 1 aromatic rings. The zero-order chi connectivity index (χ0) is 29.1. The molecule has 1 heterocycles. The minimum absolute atomic E-state index is 0.00885. The van der Waals surface area contributed by atoms with Crippen LogP contribution in [-0.2, 0) is 28.7 Å². The molecule has 14 heteroatoms. The van der Waals surface area contributed by atoms with Crippen LogP contribution in [0.3, 0.4) is 0 Å². The number of methoxy groups -OCH3 is 1. The first-order chi connectivity index (χ1) is 18.4. The van der Waals surface area contributed by atoms with Crippen LogP contribution in [0.15, 0.2) is 35.9 Å². The van der Waals surface area contributed by atoms with Crippen molar-refractivity contribution in [3.63, 3.8) is 0 Å². The molecule has 11 nitrogen and oxygen atoms in total. The minimum Gasteiger partial charge on any atom is -0.480 e. The summed E-state index contributed by atoms with van der Waals surface area (Å²) in [4.78, 5) is 60.8. The highest BCUT2D eigenvalue weighted by atomic mass is 33.1. The Kier molecular flexibility index (Phi) is 12.9. The molecule has 1 aliphatic heterocycles. The summed E-state index contributed by atoms with van der Waals surface area (Å²) in [6.45, 7) is 1.68. The van der Waals surface area contributed by atoms with Crippen LogP contribution in [0.1, 0.15) is 37.8 Å². The van der Waals surface area contributed by atoms with E-state index in [1.807, 2.05) is 0 Å². The van der Waals surface area contributed by atoms with Crippen LogP contribution in [0.2, 0.25) is 0 Å². The van der Waals surface area contributed by atoms with Gasteiger partial charge in [0.25, 0.3) is 0 Å². The average Bonchev–Trinajstić information content (AvgIpc) is 2.88. The van der Waals surface area contributed by atoms with Gasteiger partial charge in [-0.05, 0) is 31.4 Å². The van der Waals surface area contributed by atoms with E-state index in [0.717, 1.165) is 16.9 Å². The summed E-state index contributed by atoms with van der Waals surface area (Å²) in [6, 6.07) is 2.71. The van der Waals surface area contributed by atoms with Crippen LogP contribution in [0.5, 0.6) is 0 Å².